The van der Waals surface area contributed by atoms with Crippen LogP contribution in [-0.4, -0.2) is 49.2 Å². The lowest BCUT2D eigenvalue weighted by atomic mass is 9.58. The van der Waals surface area contributed by atoms with Crippen LogP contribution in [0.5, 0.6) is 0 Å². The van der Waals surface area contributed by atoms with Crippen LogP contribution in [0.4, 0.5) is 0 Å². The maximum absolute atomic E-state index is 11.7. The van der Waals surface area contributed by atoms with E-state index in [1.807, 2.05) is 18.9 Å². The number of ether oxygens (including phenoxy) is 1. The number of likely N-dealkylation sites (tertiary alicyclic amines) is 1. The summed E-state index contributed by atoms with van der Waals surface area (Å²) in [6.07, 6.45) is 5.52. The molecule has 2 fully saturated rings. The summed E-state index contributed by atoms with van der Waals surface area (Å²) in [5, 5.41) is 3.81. The van der Waals surface area contributed by atoms with Gasteiger partial charge in [0.15, 0.2) is 0 Å². The molecule has 0 bridgehead atoms. The van der Waals surface area contributed by atoms with Gasteiger partial charge in [-0.05, 0) is 25.7 Å². The van der Waals surface area contributed by atoms with Crippen LogP contribution in [0, 0.1) is 5.41 Å². The third kappa shape index (κ3) is 2.60. The molecule has 1 saturated carbocycles. The Morgan fingerprint density at radius 1 is 1.35 bits per heavy atom. The second kappa shape index (κ2) is 6.44. The smallest absolute Gasteiger partial charge is 0.222 e. The number of carbonyl (C=O) groups excluding carboxylic acids is 1. The molecule has 1 aliphatic carbocycles. The molecule has 1 aliphatic heterocycles. The van der Waals surface area contributed by atoms with Crippen LogP contribution in [-0.2, 0) is 9.53 Å². The van der Waals surface area contributed by atoms with E-state index in [-0.39, 0.29) is 11.3 Å². The summed E-state index contributed by atoms with van der Waals surface area (Å²) in [5.41, 5.74) is 0.289. The fourth-order valence-electron chi connectivity index (χ4n) is 4.14. The van der Waals surface area contributed by atoms with Gasteiger partial charge in [-0.25, -0.2) is 0 Å². The normalized spacial score (nSPS) is 32.2. The van der Waals surface area contributed by atoms with Crippen LogP contribution in [0.1, 0.15) is 52.9 Å². The maximum atomic E-state index is 11.7. The minimum Gasteiger partial charge on any atom is -0.381 e. The number of hydrogen-bond donors (Lipinski definition) is 1. The Morgan fingerprint density at radius 3 is 2.60 bits per heavy atom. The number of nitrogens with zero attached hydrogens (tertiary/aromatic N) is 1. The van der Waals surface area contributed by atoms with E-state index >= 15 is 0 Å². The van der Waals surface area contributed by atoms with Crippen molar-refractivity contribution in [1.29, 1.82) is 0 Å². The van der Waals surface area contributed by atoms with Gasteiger partial charge in [0.1, 0.15) is 0 Å². The molecule has 2 aliphatic rings. The van der Waals surface area contributed by atoms with E-state index in [1.54, 1.807) is 0 Å². The van der Waals surface area contributed by atoms with Gasteiger partial charge in [0.2, 0.25) is 5.91 Å². The highest BCUT2D eigenvalue weighted by atomic mass is 16.5. The molecule has 3 unspecified atom stereocenters. The molecule has 2 rings (SSSR count). The summed E-state index contributed by atoms with van der Waals surface area (Å²) in [6.45, 7) is 8.27. The van der Waals surface area contributed by atoms with Crippen LogP contribution in [0.2, 0.25) is 0 Å². The van der Waals surface area contributed by atoms with Crippen molar-refractivity contribution in [2.24, 2.45) is 5.41 Å². The van der Waals surface area contributed by atoms with Gasteiger partial charge in [0, 0.05) is 44.1 Å². The van der Waals surface area contributed by atoms with E-state index in [2.05, 4.69) is 19.2 Å². The maximum Gasteiger partial charge on any atom is 0.222 e. The summed E-state index contributed by atoms with van der Waals surface area (Å²) in [6, 6.07) is 1.01. The molecule has 1 amide bonds. The van der Waals surface area contributed by atoms with Crippen molar-refractivity contribution in [3.05, 3.63) is 0 Å². The average Bonchev–Trinajstić information content (AvgIpc) is 2.92. The number of nitrogens with one attached hydrogen (secondary N) is 1. The predicted molar refractivity (Wildman–Crippen MR) is 80.6 cm³/mol. The van der Waals surface area contributed by atoms with Crippen LogP contribution >= 0.6 is 0 Å². The van der Waals surface area contributed by atoms with Crippen LogP contribution < -0.4 is 5.32 Å². The number of rotatable bonds is 6. The molecule has 1 heterocycles. The summed E-state index contributed by atoms with van der Waals surface area (Å²) in [7, 11) is 1.83. The lowest BCUT2D eigenvalue weighted by Gasteiger charge is -2.56. The molecule has 1 saturated heterocycles. The Hall–Kier alpha value is -0.610. The van der Waals surface area contributed by atoms with Crippen molar-refractivity contribution in [3.8, 4) is 0 Å². The van der Waals surface area contributed by atoms with E-state index in [1.165, 1.54) is 0 Å². The summed E-state index contributed by atoms with van der Waals surface area (Å²) >= 11 is 0. The van der Waals surface area contributed by atoms with E-state index in [0.717, 1.165) is 38.8 Å². The Morgan fingerprint density at radius 2 is 2.05 bits per heavy atom. The molecule has 20 heavy (non-hydrogen) atoms. The Kier molecular flexibility index (Phi) is 5.08. The van der Waals surface area contributed by atoms with Crippen LogP contribution in [0.25, 0.3) is 0 Å². The molecule has 1 N–H and O–H groups in total. The molecule has 116 valence electrons. The van der Waals surface area contributed by atoms with Crippen molar-refractivity contribution in [1.82, 2.24) is 10.2 Å². The molecular formula is C16H30N2O2. The molecule has 0 aromatic rings. The second-order valence-corrected chi connectivity index (χ2v) is 6.30. The predicted octanol–water partition coefficient (Wildman–Crippen LogP) is 2.18. The molecule has 0 aromatic heterocycles. The molecule has 4 heteroatoms. The minimum absolute atomic E-state index is 0.287. The first kappa shape index (κ1) is 15.8. The number of amides is 1. The summed E-state index contributed by atoms with van der Waals surface area (Å²) in [5.74, 6) is 0.287. The largest absolute Gasteiger partial charge is 0.381 e. The zero-order valence-electron chi connectivity index (χ0n) is 13.4. The quantitative estimate of drug-likeness (QED) is 0.812. The SMILES string of the molecule is CCC(=O)N1CCC(NC2CC(OC)C2(CC)CC)C1. The van der Waals surface area contributed by atoms with Crippen LogP contribution in [0.15, 0.2) is 0 Å². The molecule has 0 radical (unpaired) electrons. The number of carbonyl (C=O) groups is 1. The zero-order valence-corrected chi connectivity index (χ0v) is 13.4. The van der Waals surface area contributed by atoms with Gasteiger partial charge in [-0.15, -0.1) is 0 Å². The first-order valence-electron chi connectivity index (χ1n) is 8.17. The monoisotopic (exact) mass is 282 g/mol. The van der Waals surface area contributed by atoms with Gasteiger partial charge < -0.3 is 15.0 Å². The second-order valence-electron chi connectivity index (χ2n) is 6.30. The lowest BCUT2D eigenvalue weighted by molar-refractivity contribution is -0.131. The van der Waals surface area contributed by atoms with Gasteiger partial charge in [-0.1, -0.05) is 20.8 Å². The standard InChI is InChI=1S/C16H30N2O2/c1-5-15(19)18-9-8-12(11-18)17-13-10-14(20-4)16(13,6-2)7-3/h12-14,17H,5-11H2,1-4H3. The third-order valence-electron chi connectivity index (χ3n) is 5.67. The van der Waals surface area contributed by atoms with E-state index in [0.29, 0.717) is 24.6 Å². The zero-order chi connectivity index (χ0) is 14.8. The Bertz CT molecular complexity index is 341. The van der Waals surface area contributed by atoms with E-state index in [9.17, 15) is 4.79 Å². The Labute approximate surface area is 123 Å². The van der Waals surface area contributed by atoms with Gasteiger partial charge in [0.25, 0.3) is 0 Å². The molecule has 3 atom stereocenters. The third-order valence-corrected chi connectivity index (χ3v) is 5.67. The first-order chi connectivity index (χ1) is 9.61. The fraction of sp³-hybridized carbons (Fsp3) is 0.938. The number of methoxy groups -OCH3 is 1. The number of hydrogen-bond acceptors (Lipinski definition) is 3. The van der Waals surface area contributed by atoms with Crippen molar-refractivity contribution in [2.75, 3.05) is 20.2 Å². The topological polar surface area (TPSA) is 41.6 Å². The van der Waals surface area contributed by atoms with Crippen molar-refractivity contribution in [2.45, 2.75) is 71.1 Å². The van der Waals surface area contributed by atoms with Gasteiger partial charge in [0.05, 0.1) is 6.10 Å². The molecular weight excluding hydrogens is 252 g/mol. The van der Waals surface area contributed by atoms with Gasteiger partial charge in [-0.3, -0.25) is 4.79 Å². The molecule has 4 nitrogen and oxygen atoms in total. The van der Waals surface area contributed by atoms with Crippen molar-refractivity contribution >= 4 is 5.91 Å². The average molecular weight is 282 g/mol. The highest BCUT2D eigenvalue weighted by Crippen LogP contribution is 2.48. The Balaban J connectivity index is 1.90. The highest BCUT2D eigenvalue weighted by molar-refractivity contribution is 5.76. The van der Waals surface area contributed by atoms with E-state index in [4.69, 9.17) is 4.74 Å². The van der Waals surface area contributed by atoms with Crippen molar-refractivity contribution < 1.29 is 9.53 Å². The van der Waals surface area contributed by atoms with Gasteiger partial charge in [-0.2, -0.15) is 0 Å². The minimum atomic E-state index is 0.287. The lowest BCUT2D eigenvalue weighted by Crippen LogP contribution is -2.65. The fourth-order valence-corrected chi connectivity index (χ4v) is 4.14. The summed E-state index contributed by atoms with van der Waals surface area (Å²) < 4.78 is 5.65. The van der Waals surface area contributed by atoms with Crippen molar-refractivity contribution in [3.63, 3.8) is 0 Å². The van der Waals surface area contributed by atoms with Gasteiger partial charge >= 0.3 is 0 Å². The first-order valence-corrected chi connectivity index (χ1v) is 8.17. The van der Waals surface area contributed by atoms with E-state index < -0.39 is 0 Å². The van der Waals surface area contributed by atoms with Crippen LogP contribution in [0.3, 0.4) is 0 Å². The summed E-state index contributed by atoms with van der Waals surface area (Å²) in [4.78, 5) is 13.7. The highest BCUT2D eigenvalue weighted by Gasteiger charge is 2.53. The molecule has 0 spiro atoms. The molecule has 0 aromatic carbocycles.